The minimum atomic E-state index is -3.13. The number of hydrogen-bond acceptors (Lipinski definition) is 22. The summed E-state index contributed by atoms with van der Waals surface area (Å²) in [5.41, 5.74) is 7.17. The lowest BCUT2D eigenvalue weighted by molar-refractivity contribution is 0.0787. The zero-order valence-electron chi connectivity index (χ0n) is 73.5. The maximum atomic E-state index is 14.7. The average Bonchev–Trinajstić information content (AvgIpc) is 1.35. The van der Waals surface area contributed by atoms with Gasteiger partial charge in [-0.25, -0.2) is 45.4 Å². The Morgan fingerprint density at radius 2 is 0.907 bits per heavy atom. The summed E-state index contributed by atoms with van der Waals surface area (Å²) in [7, 11) is -6.21. The van der Waals surface area contributed by atoms with Gasteiger partial charge in [-0.1, -0.05) is 36.4 Å². The molecule has 0 bridgehead atoms. The van der Waals surface area contributed by atoms with E-state index in [1.54, 1.807) is 107 Å². The number of ether oxygens (including phenoxy) is 6. The van der Waals surface area contributed by atoms with Gasteiger partial charge < -0.3 is 54.0 Å². The van der Waals surface area contributed by atoms with Crippen molar-refractivity contribution in [2.75, 3.05) is 56.0 Å². The second-order valence-corrected chi connectivity index (χ2v) is 38.3. The SMILES string of the molecule is CC(F)Oc1ccc(F)c(-c2nn(C(C)C)c3cc(C(=O)NC4(C)CS(=O)(=O)C4)ncc23)c1.CC(F)Oc1cccc(-c2cn(C(C)C)c3cc(C(=O)NC4(C)CS(=O)(=O)C4)cnc23)c1.CC(F)Oc1cccc(-c2nn(C(C)C)c3cc(C(=O)N[C@@]4(CO)CCOC4)cnc23)c1.[C-]#[N+][C@@]1(NC(=O)c2cnc3c(-c4cccc(OC(C)F)c4)nn(C(C)C)c3c2)CCOC1. The molecule has 8 aromatic heterocycles. The average molecular weight is 1820 g/mol. The third-order valence-electron chi connectivity index (χ3n) is 21.5. The molecule has 4 unspecified atom stereocenters. The van der Waals surface area contributed by atoms with Gasteiger partial charge >= 0.3 is 5.66 Å². The molecule has 4 saturated heterocycles. The van der Waals surface area contributed by atoms with Crippen LogP contribution in [0.5, 0.6) is 23.0 Å². The van der Waals surface area contributed by atoms with Crippen molar-refractivity contribution >= 4 is 87.3 Å². The molecule has 0 radical (unpaired) electrons. The molecule has 0 saturated carbocycles. The quantitative estimate of drug-likeness (QED) is 0.0262. The van der Waals surface area contributed by atoms with Gasteiger partial charge in [0, 0.05) is 117 Å². The van der Waals surface area contributed by atoms with Gasteiger partial charge in [0.15, 0.2) is 19.7 Å². The molecule has 38 heteroatoms. The lowest BCUT2D eigenvalue weighted by Crippen LogP contribution is -2.63. The van der Waals surface area contributed by atoms with Crippen LogP contribution >= 0.6 is 0 Å². The van der Waals surface area contributed by atoms with Crippen LogP contribution in [0.1, 0.15) is 176 Å². The standard InChI is InChI=1S/C23H24FN5O3.C23H27FN4O4.C23H26FN3O4S.C22H24F2N4O4S/c1-14(2)29-19-11-17(22(30)27-23(25-4)8-9-31-13-23)12-26-21(19)20(28-29)16-6-5-7-18(10-16)32-15(3)24;1-14(2)28-19-10-17(22(30)26-23(12-29)7-8-31-13-23)11-25-21(19)20(27-28)16-5-4-6-18(9-16)32-15(3)24;1-14(2)27-11-19(16-6-5-7-18(8-16)31-15(3)24)21-20(27)9-17(10-25-21)22(28)26-23(4)12-32(29,30)13-23;1-12(2)28-19-8-18(21(29)26-22(4)10-33(30,31)11-22)25-9-16(19)20(27-28)15-7-14(32-13(3)23)5-6-17(15)24/h5-7,10-12,14-15H,8-9,13H2,1-3H3,(H,27,30);4-6,9-11,14-15,29H,7-8,12-13H2,1-3H3,(H,26,30);5-11,14-15H,12-13H2,1-4H3,(H,26,28);5-9,12-13H,10-11H2,1-4H3,(H,26,29)/t2*15?,23-;;/m11../s1. The summed E-state index contributed by atoms with van der Waals surface area (Å²) >= 11 is 0. The van der Waals surface area contributed by atoms with Crippen molar-refractivity contribution in [2.45, 2.75) is 182 Å². The maximum Gasteiger partial charge on any atom is 0.333 e. The maximum absolute atomic E-state index is 14.7. The number of nitrogens with zero attached hydrogens (tertiary/aromatic N) is 12. The number of amides is 4. The lowest BCUT2D eigenvalue weighted by Gasteiger charge is -2.38. The molecule has 12 heterocycles. The minimum Gasteiger partial charge on any atom is -0.461 e. The number of aromatic nitrogens is 11. The predicted molar refractivity (Wildman–Crippen MR) is 474 cm³/mol. The summed E-state index contributed by atoms with van der Waals surface area (Å²) < 4.78 is 152. The summed E-state index contributed by atoms with van der Waals surface area (Å²) in [5, 5.41) is 35.5. The molecular weight excluding hydrogens is 1720 g/mol. The van der Waals surface area contributed by atoms with Gasteiger partial charge in [0.2, 0.25) is 25.4 Å². The van der Waals surface area contributed by atoms with Gasteiger partial charge in [-0.3, -0.25) is 63.3 Å². The van der Waals surface area contributed by atoms with Crippen LogP contribution in [0.3, 0.4) is 0 Å². The van der Waals surface area contributed by atoms with Crippen molar-refractivity contribution < 1.29 is 91.5 Å². The first-order valence-corrected chi connectivity index (χ1v) is 45.5. The number of aliphatic hydroxyl groups excluding tert-OH is 1. The van der Waals surface area contributed by atoms with Gasteiger partial charge in [-0.05, 0) is 160 Å². The van der Waals surface area contributed by atoms with E-state index >= 15 is 0 Å². The van der Waals surface area contributed by atoms with E-state index in [4.69, 9.17) is 45.2 Å². The van der Waals surface area contributed by atoms with Crippen LogP contribution < -0.4 is 40.2 Å². The van der Waals surface area contributed by atoms with Crippen LogP contribution in [0.4, 0.5) is 22.0 Å². The number of rotatable bonds is 25. The Hall–Kier alpha value is -12.6. The Labute approximate surface area is 741 Å². The van der Waals surface area contributed by atoms with E-state index in [0.717, 1.165) is 27.8 Å². The molecule has 4 fully saturated rings. The highest BCUT2D eigenvalue weighted by Crippen LogP contribution is 2.40. The lowest BCUT2D eigenvalue weighted by atomic mass is 9.99. The van der Waals surface area contributed by atoms with Crippen LogP contribution in [0, 0.1) is 12.4 Å². The number of sulfone groups is 2. The van der Waals surface area contributed by atoms with E-state index in [-0.39, 0.29) is 107 Å². The summed E-state index contributed by atoms with van der Waals surface area (Å²) in [6.07, 6.45) is 3.00. The molecule has 16 rings (SSSR count). The van der Waals surface area contributed by atoms with Crippen molar-refractivity contribution in [1.82, 2.24) is 75.1 Å². The Morgan fingerprint density at radius 3 is 1.35 bits per heavy atom. The highest BCUT2D eigenvalue weighted by Gasteiger charge is 2.48. The number of pyridine rings is 4. The number of hydrogen-bond donors (Lipinski definition) is 5. The number of benzene rings is 4. The number of alkyl halides is 4. The molecule has 4 aliphatic rings. The number of carbonyl (C=O) groups excluding carboxylic acids is 4. The molecule has 31 nitrogen and oxygen atoms in total. The van der Waals surface area contributed by atoms with Crippen LogP contribution in [0.15, 0.2) is 146 Å². The van der Waals surface area contributed by atoms with Crippen molar-refractivity contribution in [3.63, 3.8) is 0 Å². The molecule has 0 aliphatic carbocycles. The topological polar surface area (TPSA) is 375 Å². The Bertz CT molecular complexity index is 6490. The largest absolute Gasteiger partial charge is 0.461 e. The van der Waals surface area contributed by atoms with E-state index in [1.165, 1.54) is 70.7 Å². The van der Waals surface area contributed by atoms with Gasteiger partial charge in [0.1, 0.15) is 69.2 Å². The second kappa shape index (κ2) is 38.0. The fourth-order valence-corrected chi connectivity index (χ4v) is 19.7. The molecule has 12 aromatic rings. The normalized spacial score (nSPS) is 18.4. The minimum absolute atomic E-state index is 0.00877. The first-order valence-electron chi connectivity index (χ1n) is 41.8. The van der Waals surface area contributed by atoms with Crippen LogP contribution in [0.2, 0.25) is 0 Å². The fraction of sp³-hybridized carbons (Fsp3) is 0.407. The van der Waals surface area contributed by atoms with E-state index < -0.39 is 79.1 Å². The van der Waals surface area contributed by atoms with Crippen molar-refractivity contribution in [3.05, 3.63) is 186 Å². The summed E-state index contributed by atoms with van der Waals surface area (Å²) in [5.74, 6) is -1.17. The monoisotopic (exact) mass is 1820 g/mol. The number of nitrogens with one attached hydrogen (secondary N) is 4. The molecule has 5 N–H and O–H groups in total. The number of halogens is 5. The van der Waals surface area contributed by atoms with Crippen LogP contribution in [0.25, 0.3) is 93.7 Å². The first kappa shape index (κ1) is 94.1. The Balaban J connectivity index is 0.000000147. The van der Waals surface area contributed by atoms with Crippen molar-refractivity contribution in [3.8, 4) is 67.9 Å². The van der Waals surface area contributed by atoms with Crippen LogP contribution in [-0.4, -0.2) is 203 Å². The number of carbonyl (C=O) groups is 4. The molecule has 682 valence electrons. The zero-order chi connectivity index (χ0) is 93.1. The first-order chi connectivity index (χ1) is 61.0. The molecule has 0 spiro atoms. The molecule has 4 aliphatic heterocycles. The van der Waals surface area contributed by atoms with Crippen molar-refractivity contribution in [2.24, 2.45) is 0 Å². The van der Waals surface area contributed by atoms with E-state index in [2.05, 4.69) is 51.1 Å². The number of fused-ring (bicyclic) bond motifs is 4. The predicted octanol–water partition coefficient (Wildman–Crippen LogP) is 14.7. The van der Waals surface area contributed by atoms with Gasteiger partial charge in [0.05, 0.1) is 110 Å². The van der Waals surface area contributed by atoms with Crippen molar-refractivity contribution in [1.29, 1.82) is 0 Å². The molecule has 4 amide bonds. The summed E-state index contributed by atoms with van der Waals surface area (Å²) in [6.45, 7) is 33.0. The summed E-state index contributed by atoms with van der Waals surface area (Å²) in [6, 6.07) is 31.8. The smallest absolute Gasteiger partial charge is 0.333 e. The molecule has 129 heavy (non-hydrogen) atoms. The van der Waals surface area contributed by atoms with E-state index in [1.807, 2.05) is 84.4 Å². The highest BCUT2D eigenvalue weighted by atomic mass is 32.2. The fourth-order valence-electron chi connectivity index (χ4n) is 15.7. The van der Waals surface area contributed by atoms with Gasteiger partial charge in [-0.15, -0.1) is 0 Å². The molecule has 6 atom stereocenters. The number of aliphatic hydroxyl groups is 1. The molecular formula is C91H101F5N16O15S2. The molecule has 4 aromatic carbocycles. The zero-order valence-corrected chi connectivity index (χ0v) is 75.1. The van der Waals surface area contributed by atoms with Gasteiger partial charge in [-0.2, -0.15) is 15.3 Å². The third-order valence-corrected chi connectivity index (χ3v) is 25.8. The van der Waals surface area contributed by atoms with Crippen LogP contribution in [-0.2, 0) is 29.1 Å². The van der Waals surface area contributed by atoms with E-state index in [9.17, 15) is 63.1 Å². The highest BCUT2D eigenvalue weighted by molar-refractivity contribution is 7.93. The second-order valence-electron chi connectivity index (χ2n) is 34.1. The van der Waals surface area contributed by atoms with E-state index in [0.29, 0.717) is 110 Å². The summed E-state index contributed by atoms with van der Waals surface area (Å²) in [4.78, 5) is 72.8. The third kappa shape index (κ3) is 21.6. The Morgan fingerprint density at radius 1 is 0.481 bits per heavy atom. The van der Waals surface area contributed by atoms with Gasteiger partial charge in [0.25, 0.3) is 23.6 Å². The Kier molecular flexibility index (Phi) is 27.7.